The molecule has 0 aromatic carbocycles. The highest BCUT2D eigenvalue weighted by atomic mass is 31.3. The third-order valence-electron chi connectivity index (χ3n) is 4.29. The van der Waals surface area contributed by atoms with E-state index < -0.39 is 30.0 Å². The fraction of sp³-hybridized carbons (Fsp3) is 1.00. The molecule has 0 fully saturated rings. The molecule has 2 atom stereocenters. The summed E-state index contributed by atoms with van der Waals surface area (Å²) < 4.78 is 22.4. The van der Waals surface area contributed by atoms with Crippen LogP contribution < -0.4 is 40.7 Å². The molecule has 0 radical (unpaired) electrons. The minimum absolute atomic E-state index is 0.234. The van der Waals surface area contributed by atoms with E-state index in [1.807, 2.05) is 0 Å². The molecule has 1 aliphatic rings. The van der Waals surface area contributed by atoms with E-state index in [-0.39, 0.29) is 11.1 Å². The van der Waals surface area contributed by atoms with Crippen molar-refractivity contribution >= 4 is 30.0 Å². The molecule has 1 heterocycles. The molecule has 12 nitrogen and oxygen atoms in total. The van der Waals surface area contributed by atoms with Crippen LogP contribution in [0.2, 0.25) is 0 Å². The minimum atomic E-state index is -2.70. The number of hydrogen-bond donors (Lipinski definition) is 8. The fourth-order valence-corrected chi connectivity index (χ4v) is 20.2. The van der Waals surface area contributed by atoms with Crippen LogP contribution in [0.4, 0.5) is 0 Å². The Morgan fingerprint density at radius 1 is 0.389 bits per heavy atom. The van der Waals surface area contributed by atoms with Crippen molar-refractivity contribution in [3.8, 4) is 0 Å². The average Bonchev–Trinajstić information content (AvgIpc) is 2.65. The van der Waals surface area contributed by atoms with Gasteiger partial charge >= 0.3 is 0 Å². The van der Waals surface area contributed by atoms with E-state index in [9.17, 15) is 0 Å². The standard InChI is InChI=1S/C20H56N12P4/c1-13-21-33(22-14-2)29-35(25-17-5,27-19(7,8)9)31-34(23-15-3,24-16-4)32-36(30-33,26-18-6)28-20(10,11)12/h21-28H,13-18H2,1-12H3. The summed E-state index contributed by atoms with van der Waals surface area (Å²) in [5, 5.41) is 29.7. The van der Waals surface area contributed by atoms with E-state index in [0.717, 1.165) is 26.2 Å². The zero-order chi connectivity index (χ0) is 27.7. The van der Waals surface area contributed by atoms with Crippen LogP contribution in [-0.2, 0) is 0 Å². The van der Waals surface area contributed by atoms with Gasteiger partial charge in [0.15, 0.2) is 0 Å². The molecule has 216 valence electrons. The zero-order valence-electron chi connectivity index (χ0n) is 24.8. The van der Waals surface area contributed by atoms with Crippen LogP contribution in [0.5, 0.6) is 0 Å². The predicted molar refractivity (Wildman–Crippen MR) is 165 cm³/mol. The van der Waals surface area contributed by atoms with Crippen LogP contribution in [-0.4, -0.2) is 50.3 Å². The molecule has 0 bridgehead atoms. The topological polar surface area (TPSA) is 146 Å². The Morgan fingerprint density at radius 2 is 0.583 bits per heavy atom. The van der Waals surface area contributed by atoms with E-state index in [1.54, 1.807) is 0 Å². The first-order valence-corrected chi connectivity index (χ1v) is 20.0. The van der Waals surface area contributed by atoms with Crippen molar-refractivity contribution in [2.75, 3.05) is 39.3 Å². The summed E-state index contributed by atoms with van der Waals surface area (Å²) in [5.74, 6) is 0. The lowest BCUT2D eigenvalue weighted by Crippen LogP contribution is -2.39. The Labute approximate surface area is 222 Å². The molecule has 1 rings (SSSR count). The van der Waals surface area contributed by atoms with Gasteiger partial charge in [0.2, 0.25) is 30.0 Å². The first-order valence-electron chi connectivity index (χ1n) is 13.3. The summed E-state index contributed by atoms with van der Waals surface area (Å²) in [6.45, 7) is 29.8. The summed E-state index contributed by atoms with van der Waals surface area (Å²) in [7, 11) is -10.7. The Morgan fingerprint density at radius 3 is 0.778 bits per heavy atom. The summed E-state index contributed by atoms with van der Waals surface area (Å²) in [6.07, 6.45) is 0. The van der Waals surface area contributed by atoms with Crippen LogP contribution in [0.25, 0.3) is 0 Å². The molecule has 8 N–H and O–H groups in total. The first-order chi connectivity index (χ1) is 16.6. The van der Waals surface area contributed by atoms with E-state index in [4.69, 9.17) is 18.1 Å². The Balaban J connectivity index is 4.45. The van der Waals surface area contributed by atoms with Crippen LogP contribution in [0.1, 0.15) is 83.1 Å². The van der Waals surface area contributed by atoms with Crippen LogP contribution in [0, 0.1) is 0 Å². The van der Waals surface area contributed by atoms with Gasteiger partial charge in [0.1, 0.15) is 0 Å². The second-order valence-electron chi connectivity index (χ2n) is 10.6. The molecular formula is C20H56N12P4. The molecule has 16 heteroatoms. The van der Waals surface area contributed by atoms with Crippen molar-refractivity contribution in [2.24, 2.45) is 18.1 Å². The van der Waals surface area contributed by atoms with Crippen LogP contribution >= 0.6 is 30.0 Å². The van der Waals surface area contributed by atoms with Crippen molar-refractivity contribution in [3.63, 3.8) is 0 Å². The monoisotopic (exact) mass is 588 g/mol. The maximum absolute atomic E-state index is 5.60. The van der Waals surface area contributed by atoms with Gasteiger partial charge in [-0.3, -0.25) is 30.5 Å². The lowest BCUT2D eigenvalue weighted by atomic mass is 10.1. The van der Waals surface area contributed by atoms with Crippen LogP contribution in [0.15, 0.2) is 18.1 Å². The summed E-state index contributed by atoms with van der Waals surface area (Å²) >= 11 is 0. The molecule has 0 aromatic rings. The van der Waals surface area contributed by atoms with Crippen molar-refractivity contribution in [2.45, 2.75) is 94.2 Å². The van der Waals surface area contributed by atoms with Gasteiger partial charge in [0, 0.05) is 50.3 Å². The van der Waals surface area contributed by atoms with Gasteiger partial charge in [-0.2, -0.15) is 18.1 Å². The molecule has 36 heavy (non-hydrogen) atoms. The maximum atomic E-state index is 5.60. The molecular weight excluding hydrogens is 532 g/mol. The van der Waals surface area contributed by atoms with Gasteiger partial charge in [0.25, 0.3) is 0 Å². The van der Waals surface area contributed by atoms with Gasteiger partial charge in [-0.25, -0.2) is 10.2 Å². The molecule has 0 aromatic heterocycles. The van der Waals surface area contributed by atoms with Crippen molar-refractivity contribution in [1.29, 1.82) is 0 Å². The quantitative estimate of drug-likeness (QED) is 0.112. The SMILES string of the molecule is CCNP1(NCC)=NP(NCC)(NC(C)(C)C)=NP(NCC)(NCC)=NP(NCC)(NC(C)(C)C)=N1. The maximum Gasteiger partial charge on any atom is 0.216 e. The molecule has 0 saturated carbocycles. The number of nitrogens with zero attached hydrogens (tertiary/aromatic N) is 4. The molecule has 0 saturated heterocycles. The predicted octanol–water partition coefficient (Wildman–Crippen LogP) is 6.22. The van der Waals surface area contributed by atoms with Crippen molar-refractivity contribution < 1.29 is 0 Å². The smallest absolute Gasteiger partial charge is 0.216 e. The second-order valence-corrected chi connectivity index (χ2v) is 20.6. The minimum Gasteiger partial charge on any atom is -0.254 e. The van der Waals surface area contributed by atoms with Crippen molar-refractivity contribution in [1.82, 2.24) is 40.7 Å². The Kier molecular flexibility index (Phi) is 13.8. The van der Waals surface area contributed by atoms with Gasteiger partial charge in [0.05, 0.1) is 0 Å². The highest BCUT2D eigenvalue weighted by molar-refractivity contribution is 7.84. The van der Waals surface area contributed by atoms with E-state index >= 15 is 0 Å². The van der Waals surface area contributed by atoms with E-state index in [2.05, 4.69) is 124 Å². The largest absolute Gasteiger partial charge is 0.254 e. The van der Waals surface area contributed by atoms with Gasteiger partial charge < -0.3 is 0 Å². The fourth-order valence-electron chi connectivity index (χ4n) is 3.74. The molecule has 1 aliphatic heterocycles. The number of nitrogens with one attached hydrogen (secondary N) is 8. The molecule has 0 aliphatic carbocycles. The van der Waals surface area contributed by atoms with Gasteiger partial charge in [-0.05, 0) is 41.5 Å². The van der Waals surface area contributed by atoms with Gasteiger partial charge in [-0.1, -0.05) is 41.5 Å². The Hall–Kier alpha value is 0.600. The zero-order valence-corrected chi connectivity index (χ0v) is 28.4. The molecule has 0 amide bonds. The summed E-state index contributed by atoms with van der Waals surface area (Å²) in [5.41, 5.74) is -0.468. The van der Waals surface area contributed by atoms with E-state index in [1.165, 1.54) is 0 Å². The number of rotatable bonds is 14. The lowest BCUT2D eigenvalue weighted by Gasteiger charge is -2.40. The Bertz CT molecular complexity index is 823. The van der Waals surface area contributed by atoms with E-state index in [0.29, 0.717) is 13.1 Å². The van der Waals surface area contributed by atoms with Crippen LogP contribution in [0.3, 0.4) is 0 Å². The lowest BCUT2D eigenvalue weighted by molar-refractivity contribution is 0.523. The highest BCUT2D eigenvalue weighted by Gasteiger charge is 2.39. The highest BCUT2D eigenvalue weighted by Crippen LogP contribution is 2.71. The molecule has 2 unspecified atom stereocenters. The van der Waals surface area contributed by atoms with Crippen molar-refractivity contribution in [3.05, 3.63) is 0 Å². The number of hydrogen-bond acceptors (Lipinski definition) is 12. The third-order valence-corrected chi connectivity index (χ3v) is 19.1. The average molecular weight is 589 g/mol. The molecule has 0 spiro atoms. The first kappa shape index (κ1) is 34.6. The second kappa shape index (κ2) is 14.3. The summed E-state index contributed by atoms with van der Waals surface area (Å²) in [6, 6.07) is 0. The van der Waals surface area contributed by atoms with Gasteiger partial charge in [-0.15, -0.1) is 0 Å². The summed E-state index contributed by atoms with van der Waals surface area (Å²) in [4.78, 5) is 0. The third kappa shape index (κ3) is 10.6. The normalized spacial score (nSPS) is 26.1.